The minimum Gasteiger partial charge on any atom is -0.440 e. The first-order chi connectivity index (χ1) is 15.0. The number of carbonyl (C=O) groups excluding carboxylic acids is 1. The van der Waals surface area contributed by atoms with Gasteiger partial charge in [-0.15, -0.1) is 0 Å². The lowest BCUT2D eigenvalue weighted by molar-refractivity contribution is 0.0450. The number of carbonyl (C=O) groups is 1. The molecule has 0 fully saturated rings. The summed E-state index contributed by atoms with van der Waals surface area (Å²) in [7, 11) is -4.16. The lowest BCUT2D eigenvalue weighted by atomic mass is 9.91. The lowest BCUT2D eigenvalue weighted by Crippen LogP contribution is -2.52. The molecule has 0 aromatic heterocycles. The third kappa shape index (κ3) is 6.66. The van der Waals surface area contributed by atoms with Crippen LogP contribution in [0.1, 0.15) is 56.1 Å². The largest absolute Gasteiger partial charge is 0.440 e. The van der Waals surface area contributed by atoms with Gasteiger partial charge in [-0.1, -0.05) is 60.7 Å². The summed E-state index contributed by atoms with van der Waals surface area (Å²) in [6.07, 6.45) is 2.68. The average molecular weight is 459 g/mol. The third-order valence-corrected chi connectivity index (χ3v) is 6.16. The van der Waals surface area contributed by atoms with Gasteiger partial charge in [0.25, 0.3) is 0 Å². The van der Waals surface area contributed by atoms with Gasteiger partial charge in [0, 0.05) is 12.0 Å². The Hall–Kier alpha value is -2.68. The molecule has 2 N–H and O–H groups in total. The monoisotopic (exact) mass is 458 g/mol. The van der Waals surface area contributed by atoms with Crippen LogP contribution in [0.4, 0.5) is 4.79 Å². The van der Waals surface area contributed by atoms with E-state index in [-0.39, 0.29) is 12.7 Å². The number of amides is 1. The van der Waals surface area contributed by atoms with E-state index in [4.69, 9.17) is 9.47 Å². The van der Waals surface area contributed by atoms with Crippen molar-refractivity contribution in [1.82, 2.24) is 9.44 Å². The number of hydrogen-bond donors (Lipinski definition) is 2. The van der Waals surface area contributed by atoms with Crippen molar-refractivity contribution in [2.24, 2.45) is 0 Å². The first kappa shape index (κ1) is 24.0. The van der Waals surface area contributed by atoms with Crippen molar-refractivity contribution < 1.29 is 22.7 Å². The molecule has 0 heterocycles. The molecular weight excluding hydrogens is 428 g/mol. The minimum absolute atomic E-state index is 0.0481. The molecule has 3 rings (SSSR count). The van der Waals surface area contributed by atoms with Gasteiger partial charge in [0.05, 0.1) is 18.2 Å². The Morgan fingerprint density at radius 1 is 1.06 bits per heavy atom. The molecule has 0 saturated heterocycles. The zero-order valence-electron chi connectivity index (χ0n) is 18.8. The van der Waals surface area contributed by atoms with Gasteiger partial charge in [-0.2, -0.15) is 13.1 Å². The van der Waals surface area contributed by atoms with Crippen LogP contribution < -0.4 is 9.44 Å². The van der Waals surface area contributed by atoms with Gasteiger partial charge in [-0.05, 0) is 44.4 Å². The van der Waals surface area contributed by atoms with Gasteiger partial charge in [-0.25, -0.2) is 9.52 Å². The highest BCUT2D eigenvalue weighted by Gasteiger charge is 2.29. The smallest absolute Gasteiger partial charge is 0.422 e. The summed E-state index contributed by atoms with van der Waals surface area (Å²) >= 11 is 0. The Labute approximate surface area is 190 Å². The standard InChI is InChI=1S/C24H30N2O5S/c1-17(2)30-16-24(3,4)26-32(28,29)25-23(27)31-22-15-20-11-6-5-9-18(20)13-14-19-10-7-8-12-21(19)22/h5-14,17,22,26H,15-16H2,1-4H3,(H,25,27)/b14-13-. The van der Waals surface area contributed by atoms with Gasteiger partial charge in [-0.3, -0.25) is 0 Å². The Kier molecular flexibility index (Phi) is 7.38. The Morgan fingerprint density at radius 2 is 1.69 bits per heavy atom. The summed E-state index contributed by atoms with van der Waals surface area (Å²) in [6, 6.07) is 15.4. The van der Waals surface area contributed by atoms with E-state index in [1.54, 1.807) is 13.8 Å². The Morgan fingerprint density at radius 3 is 2.41 bits per heavy atom. The summed E-state index contributed by atoms with van der Waals surface area (Å²) in [4.78, 5) is 12.6. The maximum Gasteiger partial charge on any atom is 0.422 e. The molecule has 0 radical (unpaired) electrons. The molecular formula is C24H30N2O5S. The van der Waals surface area contributed by atoms with Crippen LogP contribution in [0.3, 0.4) is 0 Å². The molecule has 32 heavy (non-hydrogen) atoms. The highest BCUT2D eigenvalue weighted by atomic mass is 32.2. The lowest BCUT2D eigenvalue weighted by Gasteiger charge is -2.27. The molecule has 0 spiro atoms. The molecule has 0 aliphatic heterocycles. The molecule has 0 saturated carbocycles. The molecule has 1 unspecified atom stereocenters. The summed E-state index contributed by atoms with van der Waals surface area (Å²) < 4.78 is 40.6. The van der Waals surface area contributed by atoms with E-state index < -0.39 is 27.9 Å². The predicted octanol–water partition coefficient (Wildman–Crippen LogP) is 4.22. The molecule has 8 heteroatoms. The van der Waals surface area contributed by atoms with Crippen LogP contribution in [0.25, 0.3) is 12.2 Å². The van der Waals surface area contributed by atoms with Crippen molar-refractivity contribution in [3.05, 3.63) is 70.8 Å². The number of fused-ring (bicyclic) bond motifs is 2. The fourth-order valence-electron chi connectivity index (χ4n) is 3.49. The first-order valence-electron chi connectivity index (χ1n) is 10.5. The highest BCUT2D eigenvalue weighted by molar-refractivity contribution is 7.88. The van der Waals surface area contributed by atoms with E-state index in [9.17, 15) is 13.2 Å². The Balaban J connectivity index is 1.76. The average Bonchev–Trinajstić information content (AvgIpc) is 2.69. The number of benzene rings is 2. The quantitative estimate of drug-likeness (QED) is 0.648. The van der Waals surface area contributed by atoms with E-state index in [1.165, 1.54) is 0 Å². The Bertz CT molecular complexity index is 1090. The summed E-state index contributed by atoms with van der Waals surface area (Å²) in [5, 5.41) is 0. The minimum atomic E-state index is -4.16. The molecule has 1 atom stereocenters. The van der Waals surface area contributed by atoms with Gasteiger partial charge >= 0.3 is 16.3 Å². The van der Waals surface area contributed by atoms with E-state index in [1.807, 2.05) is 79.3 Å². The van der Waals surface area contributed by atoms with Crippen LogP contribution in [0.5, 0.6) is 0 Å². The van der Waals surface area contributed by atoms with Crippen molar-refractivity contribution >= 4 is 28.5 Å². The number of rotatable bonds is 7. The summed E-state index contributed by atoms with van der Waals surface area (Å²) in [6.45, 7) is 7.23. The summed E-state index contributed by atoms with van der Waals surface area (Å²) in [5.41, 5.74) is 2.84. The van der Waals surface area contributed by atoms with Gasteiger partial charge in [0.2, 0.25) is 0 Å². The van der Waals surface area contributed by atoms with Crippen LogP contribution in [-0.2, 0) is 26.1 Å². The maximum atomic E-state index is 12.6. The van der Waals surface area contributed by atoms with Crippen LogP contribution in [0.15, 0.2) is 48.5 Å². The zero-order chi connectivity index (χ0) is 23.4. The van der Waals surface area contributed by atoms with Crippen LogP contribution in [-0.4, -0.2) is 32.8 Å². The van der Waals surface area contributed by atoms with E-state index in [2.05, 4.69) is 4.72 Å². The molecule has 2 aromatic carbocycles. The fraction of sp³-hybridized carbons (Fsp3) is 0.375. The van der Waals surface area contributed by atoms with Crippen molar-refractivity contribution in [1.29, 1.82) is 0 Å². The molecule has 172 valence electrons. The van der Waals surface area contributed by atoms with Crippen LogP contribution >= 0.6 is 0 Å². The number of nitrogens with one attached hydrogen (secondary N) is 2. The molecule has 0 bridgehead atoms. The fourth-order valence-corrected chi connectivity index (χ4v) is 4.59. The van der Waals surface area contributed by atoms with Crippen molar-refractivity contribution in [2.45, 2.75) is 51.9 Å². The molecule has 1 aliphatic carbocycles. The van der Waals surface area contributed by atoms with Gasteiger partial charge in [0.1, 0.15) is 6.10 Å². The van der Waals surface area contributed by atoms with Crippen molar-refractivity contribution in [3.63, 3.8) is 0 Å². The van der Waals surface area contributed by atoms with Crippen LogP contribution in [0.2, 0.25) is 0 Å². The van der Waals surface area contributed by atoms with Crippen molar-refractivity contribution in [3.8, 4) is 0 Å². The molecule has 7 nitrogen and oxygen atoms in total. The maximum absolute atomic E-state index is 12.6. The normalized spacial score (nSPS) is 17.0. The van der Waals surface area contributed by atoms with Crippen molar-refractivity contribution in [2.75, 3.05) is 6.61 Å². The van der Waals surface area contributed by atoms with Gasteiger partial charge in [0.15, 0.2) is 0 Å². The number of ether oxygens (including phenoxy) is 2. The van der Waals surface area contributed by atoms with E-state index in [0.717, 1.165) is 22.3 Å². The molecule has 1 amide bonds. The first-order valence-corrected chi connectivity index (χ1v) is 12.0. The summed E-state index contributed by atoms with van der Waals surface area (Å²) in [5.74, 6) is 0. The highest BCUT2D eigenvalue weighted by Crippen LogP contribution is 2.31. The second-order valence-corrected chi connectivity index (χ2v) is 10.1. The second kappa shape index (κ2) is 9.85. The predicted molar refractivity (Wildman–Crippen MR) is 125 cm³/mol. The zero-order valence-corrected chi connectivity index (χ0v) is 19.6. The third-order valence-electron chi connectivity index (χ3n) is 4.90. The SMILES string of the molecule is CC(C)OCC(C)(C)NS(=O)(=O)NC(=O)OC1Cc2ccccc2/C=C\c2ccccc21. The molecule has 2 aromatic rings. The molecule has 1 aliphatic rings. The topological polar surface area (TPSA) is 93.7 Å². The van der Waals surface area contributed by atoms with Crippen LogP contribution in [0, 0.1) is 0 Å². The number of hydrogen-bond acceptors (Lipinski definition) is 5. The second-order valence-electron chi connectivity index (χ2n) is 8.71. The van der Waals surface area contributed by atoms with Gasteiger partial charge < -0.3 is 9.47 Å². The van der Waals surface area contributed by atoms with E-state index >= 15 is 0 Å². The van der Waals surface area contributed by atoms with E-state index in [0.29, 0.717) is 6.42 Å².